The molecule has 0 saturated heterocycles. The maximum absolute atomic E-state index is 13.6. The monoisotopic (exact) mass is 286 g/mol. The van der Waals surface area contributed by atoms with Crippen molar-refractivity contribution in [2.75, 3.05) is 5.32 Å². The van der Waals surface area contributed by atoms with E-state index in [0.717, 1.165) is 30.5 Å². The van der Waals surface area contributed by atoms with Crippen LogP contribution in [0.25, 0.3) is 0 Å². The van der Waals surface area contributed by atoms with Gasteiger partial charge in [-0.2, -0.15) is 0 Å². The van der Waals surface area contributed by atoms with Crippen LogP contribution in [0.1, 0.15) is 33.6 Å². The van der Waals surface area contributed by atoms with Crippen molar-refractivity contribution < 1.29 is 14.3 Å². The van der Waals surface area contributed by atoms with Crippen LogP contribution in [0.5, 0.6) is 0 Å². The van der Waals surface area contributed by atoms with Gasteiger partial charge in [-0.25, -0.2) is 14.2 Å². The topological polar surface area (TPSA) is 62.2 Å². The average molecular weight is 286 g/mol. The molecule has 0 spiro atoms. The van der Waals surface area contributed by atoms with Gasteiger partial charge in [0.2, 0.25) is 0 Å². The summed E-state index contributed by atoms with van der Waals surface area (Å²) in [4.78, 5) is 15.8. The van der Waals surface area contributed by atoms with Crippen LogP contribution in [0.4, 0.5) is 10.2 Å². The summed E-state index contributed by atoms with van der Waals surface area (Å²) in [5.41, 5.74) is 2.57. The zero-order valence-corrected chi connectivity index (χ0v) is 11.4. The highest BCUT2D eigenvalue weighted by Gasteiger charge is 2.19. The van der Waals surface area contributed by atoms with Gasteiger partial charge in [0, 0.05) is 17.8 Å². The number of anilines is 1. The van der Waals surface area contributed by atoms with E-state index >= 15 is 0 Å². The van der Waals surface area contributed by atoms with E-state index in [-0.39, 0.29) is 17.9 Å². The largest absolute Gasteiger partial charge is 0.478 e. The number of hydrogen-bond acceptors (Lipinski definition) is 3. The number of halogens is 1. The van der Waals surface area contributed by atoms with E-state index in [0.29, 0.717) is 11.4 Å². The maximum Gasteiger partial charge on any atom is 0.339 e. The Labute approximate surface area is 121 Å². The second-order valence-electron chi connectivity index (χ2n) is 5.09. The lowest BCUT2D eigenvalue weighted by molar-refractivity contribution is 0.0697. The molecule has 3 rings (SSSR count). The van der Waals surface area contributed by atoms with Crippen molar-refractivity contribution in [3.63, 3.8) is 0 Å². The van der Waals surface area contributed by atoms with Crippen LogP contribution in [0.3, 0.4) is 0 Å². The SMILES string of the molecule is O=C(O)c1cc2c(nc1NCc1ccccc1F)CCC2. The van der Waals surface area contributed by atoms with E-state index < -0.39 is 5.97 Å². The van der Waals surface area contributed by atoms with Gasteiger partial charge < -0.3 is 10.4 Å². The van der Waals surface area contributed by atoms with Gasteiger partial charge in [0.15, 0.2) is 0 Å². The van der Waals surface area contributed by atoms with Crippen molar-refractivity contribution in [3.05, 3.63) is 58.5 Å². The minimum absolute atomic E-state index is 0.145. The number of carbonyl (C=O) groups is 1. The minimum Gasteiger partial charge on any atom is -0.478 e. The molecule has 1 aliphatic carbocycles. The number of aryl methyl sites for hydroxylation is 2. The number of carboxylic acid groups (broad SMARTS) is 1. The van der Waals surface area contributed by atoms with Gasteiger partial charge in [-0.3, -0.25) is 0 Å². The zero-order valence-electron chi connectivity index (χ0n) is 11.4. The van der Waals surface area contributed by atoms with E-state index in [1.807, 2.05) is 0 Å². The number of hydrogen-bond donors (Lipinski definition) is 2. The molecular weight excluding hydrogens is 271 g/mol. The summed E-state index contributed by atoms with van der Waals surface area (Å²) in [5.74, 6) is -1.03. The number of nitrogens with zero attached hydrogens (tertiary/aromatic N) is 1. The third-order valence-electron chi connectivity index (χ3n) is 3.69. The van der Waals surface area contributed by atoms with Gasteiger partial charge in [-0.05, 0) is 37.0 Å². The lowest BCUT2D eigenvalue weighted by atomic mass is 10.1. The fourth-order valence-electron chi connectivity index (χ4n) is 2.59. The van der Waals surface area contributed by atoms with Gasteiger partial charge in [-0.1, -0.05) is 18.2 Å². The molecule has 0 unspecified atom stereocenters. The number of aromatic carboxylic acids is 1. The molecule has 0 amide bonds. The van der Waals surface area contributed by atoms with Gasteiger partial charge in [0.05, 0.1) is 0 Å². The Morgan fingerprint density at radius 1 is 1.33 bits per heavy atom. The predicted octanol–water partition coefficient (Wildman–Crippen LogP) is 3.02. The second kappa shape index (κ2) is 5.52. The van der Waals surface area contributed by atoms with Crippen LogP contribution in [0, 0.1) is 5.82 Å². The molecule has 0 aliphatic heterocycles. The van der Waals surface area contributed by atoms with Gasteiger partial charge in [-0.15, -0.1) is 0 Å². The molecular formula is C16H15FN2O2. The molecule has 1 aromatic carbocycles. The summed E-state index contributed by atoms with van der Waals surface area (Å²) in [6, 6.07) is 8.09. The molecule has 2 N–H and O–H groups in total. The Hall–Kier alpha value is -2.43. The number of aromatic nitrogens is 1. The Morgan fingerprint density at radius 2 is 2.14 bits per heavy atom. The number of benzene rings is 1. The highest BCUT2D eigenvalue weighted by molar-refractivity contribution is 5.93. The molecule has 0 radical (unpaired) electrons. The van der Waals surface area contributed by atoms with E-state index in [2.05, 4.69) is 10.3 Å². The minimum atomic E-state index is -1.02. The van der Waals surface area contributed by atoms with E-state index in [1.54, 1.807) is 24.3 Å². The molecule has 0 saturated carbocycles. The lowest BCUT2D eigenvalue weighted by Crippen LogP contribution is -2.11. The van der Waals surface area contributed by atoms with E-state index in [1.165, 1.54) is 6.07 Å². The molecule has 0 atom stereocenters. The Kier molecular flexibility index (Phi) is 3.56. The summed E-state index contributed by atoms with van der Waals surface area (Å²) >= 11 is 0. The van der Waals surface area contributed by atoms with E-state index in [4.69, 9.17) is 0 Å². The molecule has 2 aromatic rings. The fraction of sp³-hybridized carbons (Fsp3) is 0.250. The van der Waals surface area contributed by atoms with Crippen molar-refractivity contribution in [2.45, 2.75) is 25.8 Å². The van der Waals surface area contributed by atoms with Crippen molar-refractivity contribution in [1.82, 2.24) is 4.98 Å². The first-order valence-electron chi connectivity index (χ1n) is 6.88. The Morgan fingerprint density at radius 3 is 2.90 bits per heavy atom. The molecule has 1 heterocycles. The highest BCUT2D eigenvalue weighted by Crippen LogP contribution is 2.25. The zero-order chi connectivity index (χ0) is 14.8. The molecule has 1 aromatic heterocycles. The van der Waals surface area contributed by atoms with Crippen LogP contribution in [-0.4, -0.2) is 16.1 Å². The van der Waals surface area contributed by atoms with Crippen LogP contribution in [-0.2, 0) is 19.4 Å². The van der Waals surface area contributed by atoms with Crippen LogP contribution >= 0.6 is 0 Å². The quantitative estimate of drug-likeness (QED) is 0.907. The molecule has 108 valence electrons. The third-order valence-corrected chi connectivity index (χ3v) is 3.69. The molecule has 0 bridgehead atoms. The first-order valence-corrected chi connectivity index (χ1v) is 6.88. The molecule has 1 aliphatic rings. The van der Waals surface area contributed by atoms with Crippen molar-refractivity contribution >= 4 is 11.8 Å². The fourth-order valence-corrected chi connectivity index (χ4v) is 2.59. The standard InChI is InChI=1S/C16H15FN2O2/c17-13-6-2-1-4-11(13)9-18-15-12(16(20)21)8-10-5-3-7-14(10)19-15/h1-2,4,6,8H,3,5,7,9H2,(H,18,19)(H,20,21). The Balaban J connectivity index is 1.88. The first-order chi connectivity index (χ1) is 10.1. The summed E-state index contributed by atoms with van der Waals surface area (Å²) in [5, 5.41) is 12.2. The second-order valence-corrected chi connectivity index (χ2v) is 5.09. The van der Waals surface area contributed by atoms with Crippen molar-refractivity contribution in [1.29, 1.82) is 0 Å². The lowest BCUT2D eigenvalue weighted by Gasteiger charge is -2.11. The van der Waals surface area contributed by atoms with Crippen LogP contribution in [0.2, 0.25) is 0 Å². The summed E-state index contributed by atoms with van der Waals surface area (Å²) in [6.07, 6.45) is 2.73. The number of carboxylic acids is 1. The number of rotatable bonds is 4. The van der Waals surface area contributed by atoms with Crippen LogP contribution < -0.4 is 5.32 Å². The summed E-state index contributed by atoms with van der Waals surface area (Å²) in [7, 11) is 0. The number of pyridine rings is 1. The molecule has 5 heteroatoms. The molecule has 4 nitrogen and oxygen atoms in total. The molecule has 21 heavy (non-hydrogen) atoms. The predicted molar refractivity (Wildman–Crippen MR) is 76.9 cm³/mol. The summed E-state index contributed by atoms with van der Waals surface area (Å²) in [6.45, 7) is 0.207. The van der Waals surface area contributed by atoms with Crippen molar-refractivity contribution in [2.24, 2.45) is 0 Å². The molecule has 0 fully saturated rings. The van der Waals surface area contributed by atoms with Gasteiger partial charge in [0.1, 0.15) is 17.2 Å². The highest BCUT2D eigenvalue weighted by atomic mass is 19.1. The normalized spacial score (nSPS) is 13.0. The Bertz CT molecular complexity index is 701. The summed E-state index contributed by atoms with van der Waals surface area (Å²) < 4.78 is 13.6. The smallest absolute Gasteiger partial charge is 0.339 e. The number of nitrogens with one attached hydrogen (secondary N) is 1. The van der Waals surface area contributed by atoms with Gasteiger partial charge >= 0.3 is 5.97 Å². The maximum atomic E-state index is 13.6. The average Bonchev–Trinajstić information content (AvgIpc) is 2.92. The third kappa shape index (κ3) is 2.72. The van der Waals surface area contributed by atoms with Gasteiger partial charge in [0.25, 0.3) is 0 Å². The number of fused-ring (bicyclic) bond motifs is 1. The van der Waals surface area contributed by atoms with E-state index in [9.17, 15) is 14.3 Å². The first kappa shape index (κ1) is 13.5. The van der Waals surface area contributed by atoms with Crippen LogP contribution in [0.15, 0.2) is 30.3 Å². The van der Waals surface area contributed by atoms with Crippen molar-refractivity contribution in [3.8, 4) is 0 Å².